The van der Waals surface area contributed by atoms with Crippen molar-refractivity contribution in [1.82, 2.24) is 0 Å². The summed E-state index contributed by atoms with van der Waals surface area (Å²) in [5, 5.41) is 0. The predicted octanol–water partition coefficient (Wildman–Crippen LogP) is 11.1. The van der Waals surface area contributed by atoms with Crippen molar-refractivity contribution in [3.05, 3.63) is 191 Å². The molecule has 0 fully saturated rings. The Morgan fingerprint density at radius 3 is 2.00 bits per heavy atom. The van der Waals surface area contributed by atoms with Crippen LogP contribution in [-0.4, -0.2) is 18.1 Å². The van der Waals surface area contributed by atoms with Crippen LogP contribution in [0.5, 0.6) is 0 Å². The maximum atomic E-state index is 5.10. The number of hydrogen-bond acceptors (Lipinski definition) is 3. The third kappa shape index (κ3) is 6.63. The Bertz CT molecular complexity index is 2190. The van der Waals surface area contributed by atoms with Crippen molar-refractivity contribution in [2.24, 2.45) is 15.0 Å². The fourth-order valence-electron chi connectivity index (χ4n) is 6.33. The summed E-state index contributed by atoms with van der Waals surface area (Å²) >= 11 is 0. The van der Waals surface area contributed by atoms with Gasteiger partial charge in [-0.25, -0.2) is 0 Å². The van der Waals surface area contributed by atoms with Gasteiger partial charge in [0.25, 0.3) is 0 Å². The lowest BCUT2D eigenvalue weighted by Gasteiger charge is -2.09. The Labute approximate surface area is 283 Å². The summed E-state index contributed by atoms with van der Waals surface area (Å²) in [6.07, 6.45) is 2.94. The Kier molecular flexibility index (Phi) is 8.84. The van der Waals surface area contributed by atoms with Crippen LogP contribution >= 0.6 is 0 Å². The molecule has 0 bridgehead atoms. The topological polar surface area (TPSA) is 37.1 Å². The fourth-order valence-corrected chi connectivity index (χ4v) is 6.33. The van der Waals surface area contributed by atoms with Gasteiger partial charge in [-0.15, -0.1) is 0 Å². The zero-order valence-electron chi connectivity index (χ0n) is 27.4. The van der Waals surface area contributed by atoms with Crippen LogP contribution in [-0.2, 0) is 13.0 Å². The van der Waals surface area contributed by atoms with Crippen LogP contribution in [0.1, 0.15) is 45.9 Å². The molecule has 0 radical (unpaired) electrons. The highest BCUT2D eigenvalue weighted by molar-refractivity contribution is 6.12. The van der Waals surface area contributed by atoms with E-state index in [-0.39, 0.29) is 0 Å². The number of nitrogens with zero attached hydrogens (tertiary/aromatic N) is 3. The minimum Gasteiger partial charge on any atom is -0.280 e. The second-order valence-corrected chi connectivity index (χ2v) is 12.2. The monoisotopic (exact) mass is 619 g/mol. The summed E-state index contributed by atoms with van der Waals surface area (Å²) in [6, 6.07) is 51.1. The molecule has 0 saturated carbocycles. The molecule has 48 heavy (non-hydrogen) atoms. The number of aliphatic imine (C=N–C) groups is 3. The molecule has 0 N–H and O–H groups in total. The lowest BCUT2D eigenvalue weighted by atomic mass is 9.97. The molecule has 0 aromatic heterocycles. The number of fused-ring (bicyclic) bond motifs is 3. The van der Waals surface area contributed by atoms with E-state index in [0.29, 0.717) is 6.54 Å². The van der Waals surface area contributed by atoms with Crippen molar-refractivity contribution in [1.29, 1.82) is 0 Å². The van der Waals surface area contributed by atoms with Crippen LogP contribution in [0.2, 0.25) is 0 Å². The van der Waals surface area contributed by atoms with E-state index in [2.05, 4.69) is 141 Å². The molecule has 232 valence electrons. The Morgan fingerprint density at radius 1 is 0.646 bits per heavy atom. The van der Waals surface area contributed by atoms with Crippen molar-refractivity contribution >= 4 is 29.5 Å². The van der Waals surface area contributed by atoms with Crippen LogP contribution in [0.25, 0.3) is 28.0 Å². The van der Waals surface area contributed by atoms with Crippen LogP contribution in [0.3, 0.4) is 0 Å². The molecule has 1 aliphatic carbocycles. The number of allylic oxidation sites excluding steroid dienone is 1. The number of para-hydroxylation sites is 1. The van der Waals surface area contributed by atoms with Gasteiger partial charge >= 0.3 is 0 Å². The van der Waals surface area contributed by atoms with Crippen LogP contribution in [0.4, 0.5) is 5.69 Å². The van der Waals surface area contributed by atoms with Gasteiger partial charge in [0.1, 0.15) is 0 Å². The molecule has 0 saturated heterocycles. The molecule has 0 amide bonds. The first-order valence-electron chi connectivity index (χ1n) is 16.4. The van der Waals surface area contributed by atoms with E-state index in [9.17, 15) is 0 Å². The van der Waals surface area contributed by atoms with E-state index in [0.717, 1.165) is 45.9 Å². The molecule has 6 aromatic rings. The van der Waals surface area contributed by atoms with E-state index >= 15 is 0 Å². The highest BCUT2D eigenvalue weighted by Gasteiger charge is 2.20. The van der Waals surface area contributed by atoms with E-state index in [1.165, 1.54) is 44.5 Å². The number of benzene rings is 6. The normalized spacial score (nSPS) is 12.8. The van der Waals surface area contributed by atoms with Crippen LogP contribution in [0.15, 0.2) is 167 Å². The average molecular weight is 620 g/mol. The third-order valence-corrected chi connectivity index (χ3v) is 9.01. The summed E-state index contributed by atoms with van der Waals surface area (Å²) in [6.45, 7) is 8.63. The summed E-state index contributed by atoms with van der Waals surface area (Å²) in [4.78, 5) is 14.4. The first kappa shape index (κ1) is 30.7. The number of aryl methyl sites for hydroxylation is 1. The van der Waals surface area contributed by atoms with E-state index in [4.69, 9.17) is 9.98 Å². The smallest absolute Gasteiger partial charge is 0.0716 e. The average Bonchev–Trinajstić information content (AvgIpc) is 3.51. The zero-order chi connectivity index (χ0) is 32.9. The standard InChI is InChI=1S/C45H37N3/c1-31-12-10-11-17-43(31)48-32(2)34-18-20-35(21-19-34)37-22-24-41-39(26-37)28-40-27-38(23-25-42(40)41)45(47-30-33-13-6-4-7-14-33)29-44(46-3)36-15-8-5-9-16-36/h4-27,29H,3,28,30H2,1-2H3/b44-29-,47-45+,48-32+. The highest BCUT2D eigenvalue weighted by Crippen LogP contribution is 2.39. The Morgan fingerprint density at radius 2 is 1.27 bits per heavy atom. The minimum atomic E-state index is 0.586. The molecule has 0 aliphatic heterocycles. The number of hydrogen-bond donors (Lipinski definition) is 0. The van der Waals surface area contributed by atoms with Crippen LogP contribution in [0, 0.1) is 6.92 Å². The van der Waals surface area contributed by atoms with E-state index in [1.807, 2.05) is 36.4 Å². The molecular formula is C45H37N3. The van der Waals surface area contributed by atoms with Gasteiger partial charge in [0.05, 0.1) is 23.6 Å². The molecule has 7 rings (SSSR count). The van der Waals surface area contributed by atoms with Gasteiger partial charge in [0, 0.05) is 16.8 Å². The largest absolute Gasteiger partial charge is 0.280 e. The lowest BCUT2D eigenvalue weighted by molar-refractivity contribution is 1.07. The van der Waals surface area contributed by atoms with E-state index in [1.54, 1.807) is 0 Å². The van der Waals surface area contributed by atoms with Gasteiger partial charge in [0.2, 0.25) is 0 Å². The molecule has 3 heteroatoms. The fraction of sp³-hybridized carbons (Fsp3) is 0.0889. The maximum Gasteiger partial charge on any atom is 0.0716 e. The molecular weight excluding hydrogens is 583 g/mol. The predicted molar refractivity (Wildman–Crippen MR) is 204 cm³/mol. The van der Waals surface area contributed by atoms with Crippen molar-refractivity contribution in [3.8, 4) is 22.3 Å². The molecule has 6 aromatic carbocycles. The van der Waals surface area contributed by atoms with Crippen molar-refractivity contribution in [3.63, 3.8) is 0 Å². The minimum absolute atomic E-state index is 0.586. The summed E-state index contributed by atoms with van der Waals surface area (Å²) in [5.41, 5.74) is 17.0. The quantitative estimate of drug-likeness (QED) is 0.144. The second-order valence-electron chi connectivity index (χ2n) is 12.2. The molecule has 0 heterocycles. The van der Waals surface area contributed by atoms with Gasteiger partial charge in [-0.2, -0.15) is 0 Å². The first-order valence-corrected chi connectivity index (χ1v) is 16.4. The van der Waals surface area contributed by atoms with Gasteiger partial charge in [0.15, 0.2) is 0 Å². The van der Waals surface area contributed by atoms with Gasteiger partial charge in [-0.3, -0.25) is 15.0 Å². The van der Waals surface area contributed by atoms with Gasteiger partial charge in [-0.05, 0) is 95.3 Å². The second kappa shape index (κ2) is 13.8. The zero-order valence-corrected chi connectivity index (χ0v) is 27.4. The SMILES string of the molecule is C=N/C(=C\C(=N/Cc1ccccc1)c1ccc2c(c1)Cc1cc(-c3ccc(/C(C)=N/c4ccccc4C)cc3)ccc1-2)c1ccccc1. The van der Waals surface area contributed by atoms with E-state index < -0.39 is 0 Å². The van der Waals surface area contributed by atoms with Crippen LogP contribution < -0.4 is 0 Å². The lowest BCUT2D eigenvalue weighted by Crippen LogP contribution is -2.01. The summed E-state index contributed by atoms with van der Waals surface area (Å²) in [7, 11) is 0. The maximum absolute atomic E-state index is 5.10. The Hall–Kier alpha value is -5.93. The molecule has 1 aliphatic rings. The van der Waals surface area contributed by atoms with Crippen molar-refractivity contribution in [2.45, 2.75) is 26.8 Å². The summed E-state index contributed by atoms with van der Waals surface area (Å²) in [5.74, 6) is 0. The highest BCUT2D eigenvalue weighted by atomic mass is 14.8. The molecule has 0 atom stereocenters. The number of rotatable bonds is 9. The molecule has 3 nitrogen and oxygen atoms in total. The third-order valence-electron chi connectivity index (χ3n) is 9.01. The van der Waals surface area contributed by atoms with Gasteiger partial charge < -0.3 is 0 Å². The first-order chi connectivity index (χ1) is 23.6. The summed E-state index contributed by atoms with van der Waals surface area (Å²) < 4.78 is 0. The van der Waals surface area contributed by atoms with Crippen molar-refractivity contribution < 1.29 is 0 Å². The van der Waals surface area contributed by atoms with Crippen molar-refractivity contribution in [2.75, 3.05) is 0 Å². The molecule has 0 spiro atoms. The Balaban J connectivity index is 1.16. The molecule has 0 unspecified atom stereocenters. The van der Waals surface area contributed by atoms with Gasteiger partial charge in [-0.1, -0.05) is 133 Å².